The van der Waals surface area contributed by atoms with Crippen LogP contribution in [0, 0.1) is 0 Å². The molecule has 1 unspecified atom stereocenters. The highest BCUT2D eigenvalue weighted by atomic mass is 35.5. The van der Waals surface area contributed by atoms with Crippen LogP contribution < -0.4 is 0 Å². The summed E-state index contributed by atoms with van der Waals surface area (Å²) in [4.78, 5) is 2.13. The van der Waals surface area contributed by atoms with E-state index in [1.54, 1.807) is 0 Å². The van der Waals surface area contributed by atoms with E-state index in [1.807, 2.05) is 0 Å². The monoisotopic (exact) mass is 251 g/mol. The molecule has 0 bridgehead atoms. The summed E-state index contributed by atoms with van der Waals surface area (Å²) in [5, 5.41) is 0.254. The quantitative estimate of drug-likeness (QED) is 0.550. The van der Waals surface area contributed by atoms with Gasteiger partial charge in [0.15, 0.2) is 8.32 Å². The topological polar surface area (TPSA) is 12.5 Å². The van der Waals surface area contributed by atoms with Gasteiger partial charge in [0.1, 0.15) is 0 Å². The van der Waals surface area contributed by atoms with E-state index < -0.39 is 8.32 Å². The molecule has 1 atom stereocenters. The molecule has 2 nitrogen and oxygen atoms in total. The molecule has 0 aliphatic heterocycles. The maximum Gasteiger partial charge on any atom is 0.192 e. The fourth-order valence-corrected chi connectivity index (χ4v) is 2.73. The van der Waals surface area contributed by atoms with Crippen LogP contribution in [0.3, 0.4) is 0 Å². The minimum Gasteiger partial charge on any atom is -0.411 e. The Balaban J connectivity index is 4.40. The molecule has 0 N–H and O–H groups in total. The van der Waals surface area contributed by atoms with Gasteiger partial charge in [-0.15, -0.1) is 11.6 Å². The molecule has 0 aromatic rings. The van der Waals surface area contributed by atoms with Crippen molar-refractivity contribution < 1.29 is 4.43 Å². The van der Waals surface area contributed by atoms with E-state index in [0.29, 0.717) is 5.88 Å². The van der Waals surface area contributed by atoms with E-state index >= 15 is 0 Å². The predicted molar refractivity (Wildman–Crippen MR) is 71.3 cm³/mol. The highest BCUT2D eigenvalue weighted by Crippen LogP contribution is 2.37. The first-order chi connectivity index (χ1) is 6.60. The average molecular weight is 252 g/mol. The van der Waals surface area contributed by atoms with E-state index in [4.69, 9.17) is 16.0 Å². The summed E-state index contributed by atoms with van der Waals surface area (Å²) in [7, 11) is 2.43. The standard InChI is InChI=1S/C11H26ClNOSi/c1-11(2,3)15(6,7)14-10(8-12)9-13(4)5/h10H,8-9H2,1-7H3. The molecule has 0 amide bonds. The number of halogens is 1. The molecule has 15 heavy (non-hydrogen) atoms. The van der Waals surface area contributed by atoms with Crippen LogP contribution in [-0.4, -0.2) is 45.8 Å². The zero-order valence-electron chi connectivity index (χ0n) is 11.2. The van der Waals surface area contributed by atoms with Crippen molar-refractivity contribution in [2.45, 2.75) is 45.0 Å². The Kier molecular flexibility index (Phi) is 5.83. The summed E-state index contributed by atoms with van der Waals surface area (Å²) in [5.41, 5.74) is 0. The van der Waals surface area contributed by atoms with Crippen LogP contribution >= 0.6 is 11.6 Å². The van der Waals surface area contributed by atoms with Gasteiger partial charge in [-0.1, -0.05) is 20.8 Å². The fourth-order valence-electron chi connectivity index (χ4n) is 1.12. The van der Waals surface area contributed by atoms with E-state index in [2.05, 4.69) is 52.9 Å². The summed E-state index contributed by atoms with van der Waals surface area (Å²) < 4.78 is 6.23. The highest BCUT2D eigenvalue weighted by Gasteiger charge is 2.38. The maximum atomic E-state index is 6.23. The van der Waals surface area contributed by atoms with Gasteiger partial charge in [-0.25, -0.2) is 0 Å². The summed E-state index contributed by atoms with van der Waals surface area (Å²) >= 11 is 5.94. The Morgan fingerprint density at radius 2 is 1.73 bits per heavy atom. The molecular weight excluding hydrogens is 226 g/mol. The summed E-state index contributed by atoms with van der Waals surface area (Å²) in [5.74, 6) is 0.574. The SMILES string of the molecule is CN(C)CC(CCl)O[Si](C)(C)C(C)(C)C. The molecular formula is C11H26ClNOSi. The van der Waals surface area contributed by atoms with Gasteiger partial charge in [0.2, 0.25) is 0 Å². The Morgan fingerprint density at radius 3 is 2.00 bits per heavy atom. The molecule has 0 aromatic heterocycles. The van der Waals surface area contributed by atoms with E-state index in [0.717, 1.165) is 6.54 Å². The second-order valence-electron chi connectivity index (χ2n) is 5.92. The van der Waals surface area contributed by atoms with Crippen molar-refractivity contribution in [1.82, 2.24) is 4.90 Å². The van der Waals surface area contributed by atoms with Gasteiger partial charge >= 0.3 is 0 Å². The Hall–Kier alpha value is 0.427. The lowest BCUT2D eigenvalue weighted by molar-refractivity contribution is 0.162. The Bertz CT molecular complexity index is 190. The van der Waals surface area contributed by atoms with Crippen molar-refractivity contribution in [3.8, 4) is 0 Å². The van der Waals surface area contributed by atoms with Gasteiger partial charge in [-0.2, -0.15) is 0 Å². The number of hydrogen-bond acceptors (Lipinski definition) is 2. The van der Waals surface area contributed by atoms with Crippen LogP contribution in [0.1, 0.15) is 20.8 Å². The van der Waals surface area contributed by atoms with Crippen LogP contribution in [-0.2, 0) is 4.43 Å². The molecule has 0 aliphatic carbocycles. The number of hydrogen-bond donors (Lipinski definition) is 0. The molecule has 0 fully saturated rings. The predicted octanol–water partition coefficient (Wildman–Crippen LogP) is 3.18. The van der Waals surface area contributed by atoms with Crippen LogP contribution in [0.25, 0.3) is 0 Å². The lowest BCUT2D eigenvalue weighted by Crippen LogP contribution is -2.46. The number of rotatable bonds is 5. The average Bonchev–Trinajstić information content (AvgIpc) is 1.99. The van der Waals surface area contributed by atoms with Crippen LogP contribution in [0.5, 0.6) is 0 Å². The minimum atomic E-state index is -1.67. The van der Waals surface area contributed by atoms with Crippen LogP contribution in [0.4, 0.5) is 0 Å². The second kappa shape index (κ2) is 5.67. The first-order valence-electron chi connectivity index (χ1n) is 5.48. The largest absolute Gasteiger partial charge is 0.411 e. The zero-order chi connectivity index (χ0) is 12.3. The van der Waals surface area contributed by atoms with Crippen molar-refractivity contribution in [2.75, 3.05) is 26.5 Å². The fraction of sp³-hybridized carbons (Fsp3) is 1.00. The summed E-state index contributed by atoms with van der Waals surface area (Å²) in [6.45, 7) is 12.2. The number of likely N-dealkylation sites (N-methyl/N-ethyl adjacent to an activating group) is 1. The maximum absolute atomic E-state index is 6.23. The molecule has 92 valence electrons. The van der Waals surface area contributed by atoms with Crippen molar-refractivity contribution in [3.05, 3.63) is 0 Å². The number of nitrogens with zero attached hydrogens (tertiary/aromatic N) is 1. The van der Waals surface area contributed by atoms with Gasteiger partial charge in [-0.3, -0.25) is 0 Å². The first-order valence-corrected chi connectivity index (χ1v) is 8.93. The minimum absolute atomic E-state index is 0.155. The third kappa shape index (κ3) is 5.34. The first kappa shape index (κ1) is 15.4. The third-order valence-corrected chi connectivity index (χ3v) is 7.89. The smallest absolute Gasteiger partial charge is 0.192 e. The molecule has 0 aliphatic rings. The highest BCUT2D eigenvalue weighted by molar-refractivity contribution is 6.74. The Morgan fingerprint density at radius 1 is 1.27 bits per heavy atom. The van der Waals surface area contributed by atoms with Gasteiger partial charge in [0.05, 0.1) is 6.10 Å². The van der Waals surface area contributed by atoms with E-state index in [-0.39, 0.29) is 11.1 Å². The van der Waals surface area contributed by atoms with Crippen molar-refractivity contribution in [1.29, 1.82) is 0 Å². The lowest BCUT2D eigenvalue weighted by Gasteiger charge is -2.39. The summed E-state index contributed by atoms with van der Waals surface area (Å²) in [6.07, 6.45) is 0.155. The van der Waals surface area contributed by atoms with Gasteiger partial charge in [0, 0.05) is 12.4 Å². The summed E-state index contributed by atoms with van der Waals surface area (Å²) in [6, 6.07) is 0. The van der Waals surface area contributed by atoms with Crippen molar-refractivity contribution >= 4 is 19.9 Å². The molecule has 0 radical (unpaired) electrons. The van der Waals surface area contributed by atoms with Gasteiger partial charge < -0.3 is 9.33 Å². The lowest BCUT2D eigenvalue weighted by atomic mass is 10.2. The van der Waals surface area contributed by atoms with Gasteiger partial charge in [0.25, 0.3) is 0 Å². The molecule has 0 heterocycles. The van der Waals surface area contributed by atoms with E-state index in [1.165, 1.54) is 0 Å². The van der Waals surface area contributed by atoms with E-state index in [9.17, 15) is 0 Å². The molecule has 0 aromatic carbocycles. The molecule has 4 heteroatoms. The van der Waals surface area contributed by atoms with Crippen molar-refractivity contribution in [3.63, 3.8) is 0 Å². The van der Waals surface area contributed by atoms with Crippen molar-refractivity contribution in [2.24, 2.45) is 0 Å². The van der Waals surface area contributed by atoms with Crippen LogP contribution in [0.15, 0.2) is 0 Å². The zero-order valence-corrected chi connectivity index (χ0v) is 13.0. The van der Waals surface area contributed by atoms with Crippen LogP contribution in [0.2, 0.25) is 18.1 Å². The number of alkyl halides is 1. The Labute approximate surface area is 101 Å². The normalized spacial score (nSPS) is 15.8. The molecule has 0 saturated heterocycles. The second-order valence-corrected chi connectivity index (χ2v) is 11.0. The molecule has 0 rings (SSSR count). The molecule has 0 spiro atoms. The molecule has 0 saturated carbocycles. The third-order valence-electron chi connectivity index (χ3n) is 3.01. The van der Waals surface area contributed by atoms with Gasteiger partial charge in [-0.05, 0) is 32.2 Å².